The number of carbonyl (C=O) groups is 2. The molecular weight excluding hydrogens is 594 g/mol. The van der Waals surface area contributed by atoms with Crippen LogP contribution in [0.1, 0.15) is 23.6 Å². The van der Waals surface area contributed by atoms with Gasteiger partial charge in [-0.05, 0) is 81.6 Å². The Balaban J connectivity index is 1.51. The second kappa shape index (κ2) is 12.1. The van der Waals surface area contributed by atoms with Crippen LogP contribution >= 0.6 is 27.7 Å². The lowest BCUT2D eigenvalue weighted by atomic mass is 10.1. The SMILES string of the molecule is CCOc1cc(/C=C2\SC(=O)N(Cc3ccc([N+](=O)[O-])cc3)C2=O)cc(Br)c1OCc1ccc([N+](=O)[O-])cc1. The van der Waals surface area contributed by atoms with Crippen molar-refractivity contribution >= 4 is 56.3 Å². The van der Waals surface area contributed by atoms with Gasteiger partial charge in [0.15, 0.2) is 11.5 Å². The maximum atomic E-state index is 13.0. The number of imide groups is 1. The Kier molecular flexibility index (Phi) is 8.62. The summed E-state index contributed by atoms with van der Waals surface area (Å²) in [5, 5.41) is 21.3. The fraction of sp³-hybridized carbons (Fsp3) is 0.154. The molecule has 4 rings (SSSR count). The molecule has 1 aliphatic rings. The van der Waals surface area contributed by atoms with Gasteiger partial charge in [0.2, 0.25) is 0 Å². The van der Waals surface area contributed by atoms with Crippen molar-refractivity contribution in [3.05, 3.63) is 107 Å². The molecule has 0 unspecified atom stereocenters. The number of rotatable bonds is 10. The second-order valence-corrected chi connectivity index (χ2v) is 10.0. The van der Waals surface area contributed by atoms with Crippen LogP contribution in [0.15, 0.2) is 70.0 Å². The Morgan fingerprint density at radius 2 is 1.51 bits per heavy atom. The average molecular weight is 614 g/mol. The first-order valence-electron chi connectivity index (χ1n) is 11.5. The van der Waals surface area contributed by atoms with E-state index in [-0.39, 0.29) is 29.4 Å². The highest BCUT2D eigenvalue weighted by molar-refractivity contribution is 9.10. The van der Waals surface area contributed by atoms with Gasteiger partial charge in [0.25, 0.3) is 22.5 Å². The third-order valence-corrected chi connectivity index (χ3v) is 7.02. The number of halogens is 1. The standard InChI is InChI=1S/C26H20BrN3O8S/c1-2-37-22-12-18(11-21(27)24(22)38-15-17-5-9-20(10-6-17)30(35)36)13-23-25(31)28(26(32)39-23)14-16-3-7-19(8-4-16)29(33)34/h3-13H,2,14-15H2,1H3/b23-13-. The first-order valence-corrected chi connectivity index (χ1v) is 13.1. The van der Waals surface area contributed by atoms with E-state index in [2.05, 4.69) is 15.9 Å². The van der Waals surface area contributed by atoms with E-state index in [1.54, 1.807) is 30.3 Å². The monoisotopic (exact) mass is 613 g/mol. The fourth-order valence-corrected chi connectivity index (χ4v) is 5.05. The van der Waals surface area contributed by atoms with Gasteiger partial charge in [-0.15, -0.1) is 0 Å². The minimum absolute atomic E-state index is 0.0106. The normalized spacial score (nSPS) is 14.1. The number of amides is 2. The van der Waals surface area contributed by atoms with E-state index in [1.165, 1.54) is 36.4 Å². The van der Waals surface area contributed by atoms with Gasteiger partial charge in [0, 0.05) is 24.3 Å². The van der Waals surface area contributed by atoms with Gasteiger partial charge in [-0.3, -0.25) is 34.7 Å². The van der Waals surface area contributed by atoms with Crippen molar-refractivity contribution in [3.63, 3.8) is 0 Å². The highest BCUT2D eigenvalue weighted by Gasteiger charge is 2.35. The number of nitro groups is 2. The summed E-state index contributed by atoms with van der Waals surface area (Å²) in [7, 11) is 0. The van der Waals surface area contributed by atoms with Crippen molar-refractivity contribution in [1.29, 1.82) is 0 Å². The number of non-ortho nitro benzene ring substituents is 2. The van der Waals surface area contributed by atoms with E-state index >= 15 is 0 Å². The van der Waals surface area contributed by atoms with E-state index in [9.17, 15) is 29.8 Å². The van der Waals surface area contributed by atoms with Crippen molar-refractivity contribution < 1.29 is 28.9 Å². The molecule has 1 saturated heterocycles. The Morgan fingerprint density at radius 1 is 0.923 bits per heavy atom. The van der Waals surface area contributed by atoms with Crippen LogP contribution in [0.3, 0.4) is 0 Å². The van der Waals surface area contributed by atoms with Crippen LogP contribution in [0, 0.1) is 20.2 Å². The molecule has 0 saturated carbocycles. The van der Waals surface area contributed by atoms with Crippen molar-refractivity contribution in [2.24, 2.45) is 0 Å². The molecule has 11 nitrogen and oxygen atoms in total. The lowest BCUT2D eigenvalue weighted by molar-refractivity contribution is -0.385. The Morgan fingerprint density at radius 3 is 2.08 bits per heavy atom. The predicted molar refractivity (Wildman–Crippen MR) is 147 cm³/mol. The molecule has 200 valence electrons. The van der Waals surface area contributed by atoms with E-state index in [0.717, 1.165) is 22.2 Å². The number of benzene rings is 3. The van der Waals surface area contributed by atoms with Crippen LogP contribution < -0.4 is 9.47 Å². The number of thioether (sulfide) groups is 1. The smallest absolute Gasteiger partial charge is 0.293 e. The number of carbonyl (C=O) groups excluding carboxylic acids is 2. The van der Waals surface area contributed by atoms with Gasteiger partial charge < -0.3 is 9.47 Å². The van der Waals surface area contributed by atoms with Crippen LogP contribution in [0.5, 0.6) is 11.5 Å². The summed E-state index contributed by atoms with van der Waals surface area (Å²) in [6, 6.07) is 15.1. The molecule has 0 N–H and O–H groups in total. The minimum Gasteiger partial charge on any atom is -0.490 e. The average Bonchev–Trinajstić information content (AvgIpc) is 3.16. The van der Waals surface area contributed by atoms with Gasteiger partial charge in [-0.25, -0.2) is 0 Å². The van der Waals surface area contributed by atoms with Crippen LogP contribution in [-0.2, 0) is 17.9 Å². The quantitative estimate of drug-likeness (QED) is 0.142. The zero-order valence-electron chi connectivity index (χ0n) is 20.4. The van der Waals surface area contributed by atoms with Crippen LogP contribution in [0.4, 0.5) is 16.2 Å². The molecule has 1 fully saturated rings. The summed E-state index contributed by atoms with van der Waals surface area (Å²) in [6.07, 6.45) is 1.58. The molecule has 0 atom stereocenters. The van der Waals surface area contributed by atoms with E-state index < -0.39 is 21.0 Å². The molecule has 0 radical (unpaired) electrons. The van der Waals surface area contributed by atoms with Crippen molar-refractivity contribution in [1.82, 2.24) is 4.90 Å². The molecule has 0 aromatic heterocycles. The maximum absolute atomic E-state index is 13.0. The highest BCUT2D eigenvalue weighted by Crippen LogP contribution is 2.40. The summed E-state index contributed by atoms with van der Waals surface area (Å²) in [5.74, 6) is 0.347. The summed E-state index contributed by atoms with van der Waals surface area (Å²) >= 11 is 4.28. The van der Waals surface area contributed by atoms with Gasteiger partial charge in [-0.1, -0.05) is 12.1 Å². The number of hydrogen-bond acceptors (Lipinski definition) is 9. The maximum Gasteiger partial charge on any atom is 0.293 e. The second-order valence-electron chi connectivity index (χ2n) is 8.17. The van der Waals surface area contributed by atoms with Crippen molar-refractivity contribution in [3.8, 4) is 11.5 Å². The Labute approximate surface area is 234 Å². The number of nitrogens with zero attached hydrogens (tertiary/aromatic N) is 3. The molecule has 3 aromatic carbocycles. The predicted octanol–water partition coefficient (Wildman–Crippen LogP) is 6.48. The largest absolute Gasteiger partial charge is 0.490 e. The van der Waals surface area contributed by atoms with Crippen LogP contribution in [0.25, 0.3) is 6.08 Å². The van der Waals surface area contributed by atoms with Gasteiger partial charge >= 0.3 is 0 Å². The molecule has 0 aliphatic carbocycles. The van der Waals surface area contributed by atoms with Crippen molar-refractivity contribution in [2.45, 2.75) is 20.1 Å². The van der Waals surface area contributed by atoms with Gasteiger partial charge in [-0.2, -0.15) is 0 Å². The summed E-state index contributed by atoms with van der Waals surface area (Å²) < 4.78 is 12.2. The van der Waals surface area contributed by atoms with Crippen molar-refractivity contribution in [2.75, 3.05) is 6.61 Å². The van der Waals surface area contributed by atoms with E-state index in [4.69, 9.17) is 9.47 Å². The van der Waals surface area contributed by atoms with E-state index in [0.29, 0.717) is 33.7 Å². The first kappa shape index (κ1) is 27.8. The number of nitro benzene ring substituents is 2. The molecule has 1 aliphatic heterocycles. The molecule has 39 heavy (non-hydrogen) atoms. The van der Waals surface area contributed by atoms with Gasteiger partial charge in [0.05, 0.1) is 32.4 Å². The van der Waals surface area contributed by atoms with E-state index in [1.807, 2.05) is 6.92 Å². The molecule has 2 amide bonds. The van der Waals surface area contributed by atoms with Crippen LogP contribution in [0.2, 0.25) is 0 Å². The lowest BCUT2D eigenvalue weighted by Gasteiger charge is -2.15. The van der Waals surface area contributed by atoms with Gasteiger partial charge in [0.1, 0.15) is 6.61 Å². The molecule has 3 aromatic rings. The summed E-state index contributed by atoms with van der Waals surface area (Å²) in [6.45, 7) is 2.28. The third-order valence-electron chi connectivity index (χ3n) is 5.52. The lowest BCUT2D eigenvalue weighted by Crippen LogP contribution is -2.27. The van der Waals surface area contributed by atoms with Crippen LogP contribution in [-0.4, -0.2) is 32.5 Å². The number of hydrogen-bond donors (Lipinski definition) is 0. The first-order chi connectivity index (χ1) is 18.7. The summed E-state index contributed by atoms with van der Waals surface area (Å²) in [4.78, 5) is 47.6. The highest BCUT2D eigenvalue weighted by atomic mass is 79.9. The molecule has 1 heterocycles. The zero-order valence-corrected chi connectivity index (χ0v) is 22.8. The summed E-state index contributed by atoms with van der Waals surface area (Å²) in [5.41, 5.74) is 1.80. The molecule has 0 spiro atoms. The molecule has 13 heteroatoms. The third kappa shape index (κ3) is 6.62. The molecular formula is C26H20BrN3O8S. The Bertz CT molecular complexity index is 1480. The number of ether oxygens (including phenoxy) is 2. The fourth-order valence-electron chi connectivity index (χ4n) is 3.64. The molecule has 0 bridgehead atoms. The minimum atomic E-state index is -0.521. The Hall–Kier alpha value is -4.23. The zero-order chi connectivity index (χ0) is 28.1. The topological polar surface area (TPSA) is 142 Å².